The number of hydrogen-bond donors (Lipinski definition) is 5. The molecule has 0 saturated heterocycles. The lowest BCUT2D eigenvalue weighted by Crippen LogP contribution is -2.21. The zero-order valence-corrected chi connectivity index (χ0v) is 20.5. The summed E-state index contributed by atoms with van der Waals surface area (Å²) in [6.45, 7) is 1.15. The molecule has 216 valence electrons. The zero-order chi connectivity index (χ0) is 29.7. The van der Waals surface area contributed by atoms with Gasteiger partial charge in [0, 0.05) is 23.2 Å². The Hall–Kier alpha value is -4.14. The number of amides is 1. The van der Waals surface area contributed by atoms with Gasteiger partial charge in [-0.2, -0.15) is 26.3 Å². The Balaban J connectivity index is 0.000000263. The summed E-state index contributed by atoms with van der Waals surface area (Å²) in [5.41, 5.74) is 4.53. The predicted molar refractivity (Wildman–Crippen MR) is 130 cm³/mol. The van der Waals surface area contributed by atoms with Crippen LogP contribution >= 0.6 is 0 Å². The van der Waals surface area contributed by atoms with E-state index in [1.54, 1.807) is 6.33 Å². The molecular weight excluding hydrogens is 550 g/mol. The lowest BCUT2D eigenvalue weighted by molar-refractivity contribution is -0.193. The first-order valence-electron chi connectivity index (χ1n) is 11.8. The molecule has 5 N–H and O–H groups in total. The molecule has 2 saturated carbocycles. The SMILES string of the molecule is O=C(Nc1ccc2[nH]cnc2c1)c1cccc([C@@H]2C[C@H]2NCC2CC2)c1.O=C(O)C(F)(F)F.O=C(O)C(F)(F)F. The van der Waals surface area contributed by atoms with E-state index in [1.165, 1.54) is 24.8 Å². The fraction of sp³-hybridized carbons (Fsp3) is 0.360. The standard InChI is InChI=1S/C21H22N4O.2C2HF3O2/c26-21(25-16-6-7-18-20(9-16)24-12-23-18)15-3-1-2-14(8-15)17-10-19(17)22-11-13-4-5-13;2*3-2(4,5)1(6)7/h1-3,6-9,12-13,17,19,22H,4-5,10-11H2,(H,23,24)(H,25,26);2*(H,6,7)/t17-,19+;;/m0../s1. The highest BCUT2D eigenvalue weighted by molar-refractivity contribution is 6.05. The molecule has 3 aromatic rings. The summed E-state index contributed by atoms with van der Waals surface area (Å²) in [5.74, 6) is -4.15. The van der Waals surface area contributed by atoms with Gasteiger partial charge in [0.1, 0.15) is 0 Å². The Kier molecular flexibility index (Phi) is 9.40. The van der Waals surface area contributed by atoms with Crippen molar-refractivity contribution in [1.29, 1.82) is 0 Å². The number of carboxylic acids is 2. The molecule has 2 fully saturated rings. The van der Waals surface area contributed by atoms with Crippen molar-refractivity contribution < 1.29 is 50.9 Å². The molecule has 1 aromatic heterocycles. The second-order valence-electron chi connectivity index (χ2n) is 9.12. The van der Waals surface area contributed by atoms with E-state index in [0.717, 1.165) is 29.2 Å². The maximum Gasteiger partial charge on any atom is 0.490 e. The van der Waals surface area contributed by atoms with E-state index < -0.39 is 24.3 Å². The summed E-state index contributed by atoms with van der Waals surface area (Å²) >= 11 is 0. The Bertz CT molecular complexity index is 1330. The molecule has 1 amide bonds. The van der Waals surface area contributed by atoms with Crippen molar-refractivity contribution >= 4 is 34.6 Å². The van der Waals surface area contributed by atoms with E-state index in [1.807, 2.05) is 36.4 Å². The molecule has 2 aliphatic rings. The van der Waals surface area contributed by atoms with E-state index in [4.69, 9.17) is 19.8 Å². The fourth-order valence-electron chi connectivity index (χ4n) is 3.55. The molecule has 1 heterocycles. The molecule has 0 unspecified atom stereocenters. The summed E-state index contributed by atoms with van der Waals surface area (Å²) < 4.78 is 63.5. The summed E-state index contributed by atoms with van der Waals surface area (Å²) in [7, 11) is 0. The van der Waals surface area contributed by atoms with Gasteiger partial charge in [-0.3, -0.25) is 4.79 Å². The Morgan fingerprint density at radius 2 is 1.57 bits per heavy atom. The van der Waals surface area contributed by atoms with E-state index in [-0.39, 0.29) is 5.91 Å². The normalized spacial score (nSPS) is 18.1. The molecule has 0 bridgehead atoms. The minimum Gasteiger partial charge on any atom is -0.475 e. The highest BCUT2D eigenvalue weighted by Crippen LogP contribution is 2.42. The van der Waals surface area contributed by atoms with Gasteiger partial charge >= 0.3 is 24.3 Å². The molecule has 40 heavy (non-hydrogen) atoms. The number of aliphatic carboxylic acids is 2. The van der Waals surface area contributed by atoms with Crippen molar-refractivity contribution in [1.82, 2.24) is 15.3 Å². The van der Waals surface area contributed by atoms with E-state index >= 15 is 0 Å². The second kappa shape index (κ2) is 12.4. The maximum absolute atomic E-state index is 12.6. The largest absolute Gasteiger partial charge is 0.490 e. The molecule has 0 spiro atoms. The number of carboxylic acid groups (broad SMARTS) is 2. The van der Waals surface area contributed by atoms with Crippen molar-refractivity contribution in [3.05, 3.63) is 59.9 Å². The topological polar surface area (TPSA) is 144 Å². The first kappa shape index (κ1) is 30.4. The third-order valence-electron chi connectivity index (χ3n) is 5.90. The van der Waals surface area contributed by atoms with Gasteiger partial charge in [-0.1, -0.05) is 12.1 Å². The van der Waals surface area contributed by atoms with Crippen molar-refractivity contribution in [2.45, 2.75) is 43.6 Å². The number of carbonyl (C=O) groups is 3. The molecule has 0 radical (unpaired) electrons. The number of halogens is 6. The third-order valence-corrected chi connectivity index (χ3v) is 5.90. The molecule has 9 nitrogen and oxygen atoms in total. The maximum atomic E-state index is 12.6. The predicted octanol–water partition coefficient (Wildman–Crippen LogP) is 4.94. The van der Waals surface area contributed by atoms with Crippen LogP contribution in [0.15, 0.2) is 48.8 Å². The van der Waals surface area contributed by atoms with Crippen molar-refractivity contribution in [2.75, 3.05) is 11.9 Å². The number of nitrogens with one attached hydrogen (secondary N) is 3. The van der Waals surface area contributed by atoms with Crippen molar-refractivity contribution in [3.63, 3.8) is 0 Å². The average molecular weight is 574 g/mol. The van der Waals surface area contributed by atoms with Crippen LogP contribution in [0.4, 0.5) is 32.0 Å². The fourth-order valence-corrected chi connectivity index (χ4v) is 3.55. The molecule has 15 heteroatoms. The minimum absolute atomic E-state index is 0.0788. The molecule has 2 aliphatic carbocycles. The molecule has 5 rings (SSSR count). The van der Waals surface area contributed by atoms with E-state index in [9.17, 15) is 31.1 Å². The monoisotopic (exact) mass is 574 g/mol. The highest BCUT2D eigenvalue weighted by atomic mass is 19.4. The van der Waals surface area contributed by atoms with Gasteiger partial charge in [0.05, 0.1) is 17.4 Å². The lowest BCUT2D eigenvalue weighted by atomic mass is 10.1. The number of fused-ring (bicyclic) bond motifs is 1. The molecule has 2 atom stereocenters. The first-order chi connectivity index (χ1) is 18.6. The Labute approximate surface area is 222 Å². The van der Waals surface area contributed by atoms with Crippen molar-refractivity contribution in [3.8, 4) is 0 Å². The summed E-state index contributed by atoms with van der Waals surface area (Å²) in [6.07, 6.45) is -4.58. The van der Waals surface area contributed by atoms with Crippen LogP contribution in [0, 0.1) is 5.92 Å². The number of aromatic nitrogens is 2. The molecule has 2 aromatic carbocycles. The van der Waals surface area contributed by atoms with Crippen LogP contribution in [0.5, 0.6) is 0 Å². The number of carbonyl (C=O) groups excluding carboxylic acids is 1. The number of imidazole rings is 1. The third kappa shape index (κ3) is 9.25. The van der Waals surface area contributed by atoms with Crippen LogP contribution in [-0.4, -0.2) is 63.0 Å². The van der Waals surface area contributed by atoms with Gasteiger partial charge < -0.3 is 25.8 Å². The smallest absolute Gasteiger partial charge is 0.475 e. The van der Waals surface area contributed by atoms with E-state index in [0.29, 0.717) is 17.5 Å². The van der Waals surface area contributed by atoms with Gasteiger partial charge in [-0.25, -0.2) is 14.6 Å². The van der Waals surface area contributed by atoms with Gasteiger partial charge in [0.2, 0.25) is 0 Å². The first-order valence-corrected chi connectivity index (χ1v) is 11.8. The second-order valence-corrected chi connectivity index (χ2v) is 9.12. The number of anilines is 1. The average Bonchev–Trinajstić information content (AvgIpc) is 3.79. The quantitative estimate of drug-likeness (QED) is 0.263. The van der Waals surface area contributed by atoms with Crippen LogP contribution in [0.25, 0.3) is 11.0 Å². The Morgan fingerprint density at radius 3 is 2.15 bits per heavy atom. The lowest BCUT2D eigenvalue weighted by Gasteiger charge is -2.08. The summed E-state index contributed by atoms with van der Waals surface area (Å²) in [6, 6.07) is 14.3. The molecule has 0 aliphatic heterocycles. The van der Waals surface area contributed by atoms with Crippen LogP contribution in [0.2, 0.25) is 0 Å². The van der Waals surface area contributed by atoms with Crippen LogP contribution in [0.3, 0.4) is 0 Å². The van der Waals surface area contributed by atoms with Gasteiger partial charge in [-0.15, -0.1) is 0 Å². The van der Waals surface area contributed by atoms with Crippen LogP contribution < -0.4 is 10.6 Å². The number of H-pyrrole nitrogens is 1. The van der Waals surface area contributed by atoms with Crippen molar-refractivity contribution in [2.24, 2.45) is 5.92 Å². The number of alkyl halides is 6. The number of hydrogen-bond acceptors (Lipinski definition) is 5. The number of rotatable bonds is 6. The zero-order valence-electron chi connectivity index (χ0n) is 20.5. The minimum atomic E-state index is -5.08. The summed E-state index contributed by atoms with van der Waals surface area (Å²) in [5, 5.41) is 20.9. The van der Waals surface area contributed by atoms with Crippen LogP contribution in [0.1, 0.15) is 41.1 Å². The highest BCUT2D eigenvalue weighted by Gasteiger charge is 2.40. The van der Waals surface area contributed by atoms with Gasteiger partial charge in [0.15, 0.2) is 0 Å². The van der Waals surface area contributed by atoms with Gasteiger partial charge in [0.25, 0.3) is 5.91 Å². The Morgan fingerprint density at radius 1 is 0.950 bits per heavy atom. The summed E-state index contributed by atoms with van der Waals surface area (Å²) in [4.78, 5) is 37.7. The van der Waals surface area contributed by atoms with E-state index in [2.05, 4.69) is 26.7 Å². The number of nitrogens with zero attached hydrogens (tertiary/aromatic N) is 1. The van der Waals surface area contributed by atoms with Gasteiger partial charge in [-0.05, 0) is 67.6 Å². The number of aromatic amines is 1. The van der Waals surface area contributed by atoms with Crippen LogP contribution in [-0.2, 0) is 9.59 Å². The number of benzene rings is 2. The molecular formula is C25H24F6N4O5.